The summed E-state index contributed by atoms with van der Waals surface area (Å²) in [5, 5.41) is 7.28. The number of nitrogens with zero attached hydrogens (tertiary/aromatic N) is 3. The van der Waals surface area contributed by atoms with Crippen molar-refractivity contribution in [3.63, 3.8) is 0 Å². The van der Waals surface area contributed by atoms with Gasteiger partial charge >= 0.3 is 0 Å². The van der Waals surface area contributed by atoms with Gasteiger partial charge in [0.25, 0.3) is 0 Å². The molecule has 0 aliphatic carbocycles. The second-order valence-corrected chi connectivity index (χ2v) is 10.0. The molecule has 0 saturated carbocycles. The number of thiocarbonyl (C=S) groups is 1. The predicted octanol–water partition coefficient (Wildman–Crippen LogP) is 6.28. The maximum Gasteiger partial charge on any atom is 0.226 e. The molecule has 194 valence electrons. The Balaban J connectivity index is 1.48. The number of para-hydroxylation sites is 2. The Labute approximate surface area is 231 Å². The van der Waals surface area contributed by atoms with Crippen LogP contribution in [0.5, 0.6) is 0 Å². The van der Waals surface area contributed by atoms with Crippen molar-refractivity contribution in [1.82, 2.24) is 19.8 Å². The van der Waals surface area contributed by atoms with Gasteiger partial charge in [-0.2, -0.15) is 0 Å². The molecule has 1 amide bonds. The van der Waals surface area contributed by atoms with Crippen LogP contribution in [0.25, 0.3) is 5.69 Å². The van der Waals surface area contributed by atoms with Gasteiger partial charge < -0.3 is 20.1 Å². The summed E-state index contributed by atoms with van der Waals surface area (Å²) >= 11 is 12.3. The molecule has 1 aliphatic rings. The quantitative estimate of drug-likeness (QED) is 0.267. The molecule has 1 fully saturated rings. The highest BCUT2D eigenvalue weighted by Gasteiger charge is 2.41. The highest BCUT2D eigenvalue weighted by Crippen LogP contribution is 2.42. The molecule has 38 heavy (non-hydrogen) atoms. The van der Waals surface area contributed by atoms with Gasteiger partial charge in [-0.05, 0) is 74.1 Å². The summed E-state index contributed by atoms with van der Waals surface area (Å²) in [6, 6.07) is 21.3. The molecule has 0 bridgehead atoms. The molecule has 9 heteroatoms. The molecule has 5 rings (SSSR count). The summed E-state index contributed by atoms with van der Waals surface area (Å²) in [4.78, 5) is 19.4. The van der Waals surface area contributed by atoms with Gasteiger partial charge in [0.15, 0.2) is 5.11 Å². The zero-order valence-electron chi connectivity index (χ0n) is 21.0. The lowest BCUT2D eigenvalue weighted by atomic mass is 9.96. The molecule has 0 spiro atoms. The number of nitrogens with one attached hydrogen (secondary N) is 2. The molecule has 2 aromatic heterocycles. The van der Waals surface area contributed by atoms with E-state index < -0.39 is 5.82 Å². The summed E-state index contributed by atoms with van der Waals surface area (Å²) in [7, 11) is 0. The van der Waals surface area contributed by atoms with Crippen LogP contribution in [-0.4, -0.2) is 32.0 Å². The molecule has 3 heterocycles. The third-order valence-electron chi connectivity index (χ3n) is 6.81. The first-order valence-corrected chi connectivity index (χ1v) is 13.1. The van der Waals surface area contributed by atoms with Crippen LogP contribution >= 0.6 is 23.8 Å². The van der Waals surface area contributed by atoms with Crippen LogP contribution in [0, 0.1) is 19.7 Å². The van der Waals surface area contributed by atoms with Crippen LogP contribution in [0.15, 0.2) is 79.0 Å². The first kappa shape index (κ1) is 25.9. The monoisotopic (exact) mass is 547 g/mol. The van der Waals surface area contributed by atoms with Gasteiger partial charge in [0.2, 0.25) is 5.91 Å². The summed E-state index contributed by atoms with van der Waals surface area (Å²) in [6.07, 6.45) is 1.89. The number of hydrogen-bond donors (Lipinski definition) is 2. The molecule has 0 radical (unpaired) electrons. The topological polar surface area (TPSA) is 62.2 Å². The van der Waals surface area contributed by atoms with Crippen molar-refractivity contribution >= 4 is 40.5 Å². The second kappa shape index (κ2) is 10.9. The molecule has 6 nitrogen and oxygen atoms in total. The van der Waals surface area contributed by atoms with Crippen LogP contribution in [0.4, 0.5) is 10.1 Å². The van der Waals surface area contributed by atoms with Crippen LogP contribution in [0.2, 0.25) is 5.02 Å². The summed E-state index contributed by atoms with van der Waals surface area (Å²) < 4.78 is 16.2. The van der Waals surface area contributed by atoms with Gasteiger partial charge in [-0.3, -0.25) is 9.78 Å². The minimum absolute atomic E-state index is 0.130. The van der Waals surface area contributed by atoms with E-state index in [4.69, 9.17) is 23.8 Å². The van der Waals surface area contributed by atoms with Gasteiger partial charge in [0.05, 0.1) is 34.2 Å². The molecule has 2 N–H and O–H groups in total. The Morgan fingerprint density at radius 3 is 2.58 bits per heavy atom. The molecule has 1 saturated heterocycles. The third-order valence-corrected chi connectivity index (χ3v) is 7.48. The van der Waals surface area contributed by atoms with Gasteiger partial charge in [-0.15, -0.1) is 0 Å². The van der Waals surface area contributed by atoms with E-state index in [1.807, 2.05) is 54.3 Å². The maximum atomic E-state index is 14.1. The summed E-state index contributed by atoms with van der Waals surface area (Å²) in [5.41, 5.74) is 5.01. The number of anilines is 1. The van der Waals surface area contributed by atoms with Crippen LogP contribution in [-0.2, 0) is 4.79 Å². The largest absolute Gasteiger partial charge is 0.352 e. The van der Waals surface area contributed by atoms with Crippen molar-refractivity contribution in [3.05, 3.63) is 112 Å². The average molecular weight is 548 g/mol. The fourth-order valence-electron chi connectivity index (χ4n) is 5.07. The summed E-state index contributed by atoms with van der Waals surface area (Å²) in [5.74, 6) is -0.765. The Bertz CT molecular complexity index is 1490. The van der Waals surface area contributed by atoms with E-state index in [0.29, 0.717) is 16.7 Å². The zero-order chi connectivity index (χ0) is 26.8. The van der Waals surface area contributed by atoms with E-state index in [-0.39, 0.29) is 30.1 Å². The highest BCUT2D eigenvalue weighted by molar-refractivity contribution is 7.80. The first-order valence-electron chi connectivity index (χ1n) is 12.3. The second-order valence-electron chi connectivity index (χ2n) is 9.21. The lowest BCUT2D eigenvalue weighted by molar-refractivity contribution is -0.116. The van der Waals surface area contributed by atoms with Gasteiger partial charge in [0.1, 0.15) is 5.82 Å². The Morgan fingerprint density at radius 2 is 1.84 bits per heavy atom. The van der Waals surface area contributed by atoms with Gasteiger partial charge in [-0.25, -0.2) is 4.39 Å². The molecular weight excluding hydrogens is 521 g/mol. The molecule has 2 aromatic carbocycles. The Morgan fingerprint density at radius 1 is 1.11 bits per heavy atom. The van der Waals surface area contributed by atoms with E-state index in [2.05, 4.69) is 33.2 Å². The number of hydrogen-bond acceptors (Lipinski definition) is 3. The zero-order valence-corrected chi connectivity index (χ0v) is 22.6. The summed E-state index contributed by atoms with van der Waals surface area (Å²) in [6.45, 7) is 4.45. The first-order chi connectivity index (χ1) is 18.3. The Hall–Kier alpha value is -3.75. The maximum absolute atomic E-state index is 14.1. The number of carbonyl (C=O) groups is 1. The number of pyridine rings is 1. The average Bonchev–Trinajstić information content (AvgIpc) is 3.39. The Kier molecular flexibility index (Phi) is 7.44. The van der Waals surface area contributed by atoms with E-state index in [1.54, 1.807) is 24.4 Å². The van der Waals surface area contributed by atoms with Crippen LogP contribution in [0.1, 0.15) is 41.1 Å². The highest BCUT2D eigenvalue weighted by atomic mass is 35.5. The fraction of sp³-hybridized carbons (Fsp3) is 0.207. The van der Waals surface area contributed by atoms with Crippen LogP contribution < -0.4 is 10.6 Å². The third kappa shape index (κ3) is 5.01. The number of benzene rings is 2. The molecule has 4 aromatic rings. The van der Waals surface area contributed by atoms with Gasteiger partial charge in [-0.1, -0.05) is 41.9 Å². The smallest absolute Gasteiger partial charge is 0.226 e. The normalized spacial score (nSPS) is 16.9. The molecule has 0 unspecified atom stereocenters. The SMILES string of the molecule is Cc1cc([C@H]2[C@H](c3ccccn3)NC(=S)N2CCC(=O)Nc2ccccc2F)c(C)n1-c1ccccc1Cl. The molecule has 1 aliphatic heterocycles. The minimum Gasteiger partial charge on any atom is -0.352 e. The number of aromatic nitrogens is 2. The minimum atomic E-state index is -0.473. The molecular formula is C29H27ClFN5OS. The number of halogens is 2. The van der Waals surface area contributed by atoms with Gasteiger partial charge in [0, 0.05) is 30.6 Å². The number of amides is 1. The van der Waals surface area contributed by atoms with E-state index in [9.17, 15) is 9.18 Å². The number of aryl methyl sites for hydroxylation is 1. The van der Waals surface area contributed by atoms with Crippen molar-refractivity contribution < 1.29 is 9.18 Å². The van der Waals surface area contributed by atoms with Crippen molar-refractivity contribution in [1.29, 1.82) is 0 Å². The lowest BCUT2D eigenvalue weighted by Gasteiger charge is -2.28. The van der Waals surface area contributed by atoms with E-state index >= 15 is 0 Å². The van der Waals surface area contributed by atoms with Crippen molar-refractivity contribution in [2.24, 2.45) is 0 Å². The standard InChI is InChI=1S/C29H27ClFN5OS/c1-18-17-20(19(2)36(18)25-13-6-3-9-21(25)30)28-27(24-12-7-8-15-32-24)34-29(38)35(28)16-14-26(37)33-23-11-5-4-10-22(23)31/h3-13,15,17,27-28H,14,16H2,1-2H3,(H,33,37)(H,34,38)/t27-,28-/m0/s1. The lowest BCUT2D eigenvalue weighted by Crippen LogP contribution is -2.33. The number of carbonyl (C=O) groups excluding carboxylic acids is 1. The van der Waals surface area contributed by atoms with E-state index in [0.717, 1.165) is 28.3 Å². The van der Waals surface area contributed by atoms with Crippen molar-refractivity contribution in [2.45, 2.75) is 32.4 Å². The molecule has 2 atom stereocenters. The number of rotatable bonds is 7. The van der Waals surface area contributed by atoms with Crippen molar-refractivity contribution in [3.8, 4) is 5.69 Å². The van der Waals surface area contributed by atoms with E-state index in [1.165, 1.54) is 6.07 Å². The van der Waals surface area contributed by atoms with Crippen LogP contribution in [0.3, 0.4) is 0 Å². The van der Waals surface area contributed by atoms with Crippen molar-refractivity contribution in [2.75, 3.05) is 11.9 Å². The predicted molar refractivity (Wildman–Crippen MR) is 152 cm³/mol. The fourth-order valence-corrected chi connectivity index (χ4v) is 5.63.